The van der Waals surface area contributed by atoms with Crippen LogP contribution in [0.1, 0.15) is 32.0 Å². The van der Waals surface area contributed by atoms with E-state index in [0.29, 0.717) is 12.2 Å². The van der Waals surface area contributed by atoms with Gasteiger partial charge in [-0.2, -0.15) is 0 Å². The van der Waals surface area contributed by atoms with Crippen molar-refractivity contribution in [1.29, 1.82) is 0 Å². The largest absolute Gasteiger partial charge is 0.444 e. The molecule has 0 aliphatic heterocycles. The van der Waals surface area contributed by atoms with Crippen LogP contribution in [0.3, 0.4) is 0 Å². The van der Waals surface area contributed by atoms with Crippen molar-refractivity contribution in [2.45, 2.75) is 27.4 Å². The highest BCUT2D eigenvalue weighted by molar-refractivity contribution is 5.83. The van der Waals surface area contributed by atoms with Crippen LogP contribution >= 0.6 is 0 Å². The molecule has 0 unspecified atom stereocenters. The van der Waals surface area contributed by atoms with E-state index in [1.165, 1.54) is 0 Å². The summed E-state index contributed by atoms with van der Waals surface area (Å²) in [6.07, 6.45) is 2.65. The van der Waals surface area contributed by atoms with Crippen molar-refractivity contribution in [2.75, 3.05) is 11.9 Å². The third kappa shape index (κ3) is 6.56. The molecule has 6 heteroatoms. The predicted molar refractivity (Wildman–Crippen MR) is 94.2 cm³/mol. The molecule has 24 heavy (non-hydrogen) atoms. The SMILES string of the molecule is CC(C)(C)CN=Cc1ccnc(NC(=O)OCc2ccccc2)n1. The van der Waals surface area contributed by atoms with Crippen molar-refractivity contribution in [3.05, 3.63) is 53.9 Å². The summed E-state index contributed by atoms with van der Waals surface area (Å²) in [6.45, 7) is 7.22. The van der Waals surface area contributed by atoms with Crippen molar-refractivity contribution in [3.8, 4) is 0 Å². The summed E-state index contributed by atoms with van der Waals surface area (Å²) in [7, 11) is 0. The summed E-state index contributed by atoms with van der Waals surface area (Å²) in [5, 5.41) is 2.51. The molecule has 0 saturated heterocycles. The molecule has 0 aliphatic carbocycles. The zero-order valence-electron chi connectivity index (χ0n) is 14.2. The smallest absolute Gasteiger partial charge is 0.414 e. The number of anilines is 1. The van der Waals surface area contributed by atoms with Gasteiger partial charge in [-0.1, -0.05) is 51.1 Å². The second-order valence-corrected chi connectivity index (χ2v) is 6.52. The van der Waals surface area contributed by atoms with Crippen molar-refractivity contribution < 1.29 is 9.53 Å². The highest BCUT2D eigenvalue weighted by Crippen LogP contribution is 2.12. The van der Waals surface area contributed by atoms with Gasteiger partial charge < -0.3 is 4.74 Å². The molecule has 1 N–H and O–H groups in total. The zero-order chi connectivity index (χ0) is 17.4. The Balaban J connectivity index is 1.88. The van der Waals surface area contributed by atoms with Crippen LogP contribution in [-0.4, -0.2) is 28.8 Å². The van der Waals surface area contributed by atoms with E-state index in [4.69, 9.17) is 4.74 Å². The number of rotatable bonds is 5. The molecule has 1 aromatic heterocycles. The average molecular weight is 326 g/mol. The Morgan fingerprint density at radius 2 is 2.00 bits per heavy atom. The van der Waals surface area contributed by atoms with Crippen LogP contribution in [0.5, 0.6) is 0 Å². The monoisotopic (exact) mass is 326 g/mol. The number of benzene rings is 1. The molecular formula is C18H22N4O2. The van der Waals surface area contributed by atoms with Gasteiger partial charge in [-0.15, -0.1) is 0 Å². The highest BCUT2D eigenvalue weighted by Gasteiger charge is 2.08. The summed E-state index contributed by atoms with van der Waals surface area (Å²) in [6, 6.07) is 11.2. The van der Waals surface area contributed by atoms with E-state index in [1.54, 1.807) is 18.5 Å². The maximum atomic E-state index is 11.8. The van der Waals surface area contributed by atoms with E-state index in [0.717, 1.165) is 5.56 Å². The van der Waals surface area contributed by atoms with Gasteiger partial charge in [-0.25, -0.2) is 14.8 Å². The fourth-order valence-electron chi connectivity index (χ4n) is 1.77. The molecule has 1 aromatic carbocycles. The van der Waals surface area contributed by atoms with E-state index in [-0.39, 0.29) is 18.0 Å². The van der Waals surface area contributed by atoms with Crippen molar-refractivity contribution in [3.63, 3.8) is 0 Å². The quantitative estimate of drug-likeness (QED) is 0.850. The van der Waals surface area contributed by atoms with Crippen LogP contribution in [0.2, 0.25) is 0 Å². The number of aromatic nitrogens is 2. The Morgan fingerprint density at radius 3 is 2.71 bits per heavy atom. The minimum atomic E-state index is -0.595. The Bertz CT molecular complexity index is 694. The summed E-state index contributed by atoms with van der Waals surface area (Å²) in [5.41, 5.74) is 1.66. The van der Waals surface area contributed by atoms with Crippen molar-refractivity contribution in [1.82, 2.24) is 9.97 Å². The molecule has 126 valence electrons. The number of nitrogens with zero attached hydrogens (tertiary/aromatic N) is 3. The van der Waals surface area contributed by atoms with E-state index >= 15 is 0 Å². The van der Waals surface area contributed by atoms with Gasteiger partial charge in [0.05, 0.1) is 5.69 Å². The first-order chi connectivity index (χ1) is 11.4. The first kappa shape index (κ1) is 17.6. The second kappa shape index (κ2) is 8.19. The van der Waals surface area contributed by atoms with Gasteiger partial charge in [-0.05, 0) is 17.0 Å². The average Bonchev–Trinajstić information content (AvgIpc) is 2.53. The number of carbonyl (C=O) groups is 1. The maximum absolute atomic E-state index is 11.8. The molecule has 0 radical (unpaired) electrons. The maximum Gasteiger partial charge on any atom is 0.414 e. The minimum absolute atomic E-state index is 0.117. The first-order valence-electron chi connectivity index (χ1n) is 7.73. The molecule has 0 saturated carbocycles. The molecule has 2 aromatic rings. The molecule has 0 atom stereocenters. The fourth-order valence-corrected chi connectivity index (χ4v) is 1.77. The second-order valence-electron chi connectivity index (χ2n) is 6.52. The van der Waals surface area contributed by atoms with Crippen LogP contribution in [0.4, 0.5) is 10.7 Å². The fraction of sp³-hybridized carbons (Fsp3) is 0.333. The molecule has 2 rings (SSSR count). The lowest BCUT2D eigenvalue weighted by Crippen LogP contribution is -2.16. The number of hydrogen-bond donors (Lipinski definition) is 1. The molecule has 0 aliphatic rings. The summed E-state index contributed by atoms with van der Waals surface area (Å²) < 4.78 is 5.13. The van der Waals surface area contributed by atoms with Gasteiger partial charge in [0.25, 0.3) is 0 Å². The van der Waals surface area contributed by atoms with Crippen molar-refractivity contribution >= 4 is 18.3 Å². The van der Waals surface area contributed by atoms with Gasteiger partial charge in [0, 0.05) is 19.0 Å². The van der Waals surface area contributed by atoms with Crippen LogP contribution < -0.4 is 5.32 Å². The van der Waals surface area contributed by atoms with Gasteiger partial charge in [0.1, 0.15) is 6.61 Å². The summed E-state index contributed by atoms with van der Waals surface area (Å²) in [5.74, 6) is 0.188. The third-order valence-electron chi connectivity index (χ3n) is 2.89. The van der Waals surface area contributed by atoms with E-state index in [2.05, 4.69) is 41.0 Å². The lowest BCUT2D eigenvalue weighted by Gasteiger charge is -2.13. The molecule has 0 spiro atoms. The van der Waals surface area contributed by atoms with E-state index < -0.39 is 6.09 Å². The van der Waals surface area contributed by atoms with Gasteiger partial charge in [0.15, 0.2) is 0 Å². The molecule has 6 nitrogen and oxygen atoms in total. The third-order valence-corrected chi connectivity index (χ3v) is 2.89. The Morgan fingerprint density at radius 1 is 1.25 bits per heavy atom. The zero-order valence-corrected chi connectivity index (χ0v) is 14.2. The molecule has 0 fully saturated rings. The van der Waals surface area contributed by atoms with Crippen LogP contribution in [0, 0.1) is 5.41 Å². The van der Waals surface area contributed by atoms with Crippen molar-refractivity contribution in [2.24, 2.45) is 10.4 Å². The van der Waals surface area contributed by atoms with Gasteiger partial charge >= 0.3 is 6.09 Å². The van der Waals surface area contributed by atoms with Gasteiger partial charge in [-0.3, -0.25) is 10.3 Å². The number of carbonyl (C=O) groups excluding carboxylic acids is 1. The summed E-state index contributed by atoms with van der Waals surface area (Å²) >= 11 is 0. The number of nitrogens with one attached hydrogen (secondary N) is 1. The topological polar surface area (TPSA) is 76.5 Å². The van der Waals surface area contributed by atoms with E-state index in [1.807, 2.05) is 30.3 Å². The lowest BCUT2D eigenvalue weighted by molar-refractivity contribution is 0.155. The number of amides is 1. The van der Waals surface area contributed by atoms with Gasteiger partial charge in [0.2, 0.25) is 5.95 Å². The normalized spacial score (nSPS) is 11.5. The Labute approximate surface area is 142 Å². The van der Waals surface area contributed by atoms with Crippen LogP contribution in [0.25, 0.3) is 0 Å². The molecule has 1 heterocycles. The Kier molecular flexibility index (Phi) is 6.01. The highest BCUT2D eigenvalue weighted by atomic mass is 16.5. The lowest BCUT2D eigenvalue weighted by atomic mass is 9.97. The van der Waals surface area contributed by atoms with Crippen LogP contribution in [-0.2, 0) is 11.3 Å². The molecule has 0 bridgehead atoms. The predicted octanol–water partition coefficient (Wildman–Crippen LogP) is 3.69. The number of ether oxygens (including phenoxy) is 1. The standard InChI is InChI=1S/C18H22N4O2/c1-18(2,3)13-19-11-15-9-10-20-16(21-15)22-17(23)24-12-14-7-5-4-6-8-14/h4-11H,12-13H2,1-3H3,(H,20,21,22,23). The Hall–Kier alpha value is -2.76. The number of aliphatic imine (C=N–C) groups is 1. The minimum Gasteiger partial charge on any atom is -0.444 e. The molecular weight excluding hydrogens is 304 g/mol. The first-order valence-corrected chi connectivity index (χ1v) is 7.73. The van der Waals surface area contributed by atoms with E-state index in [9.17, 15) is 4.79 Å². The summed E-state index contributed by atoms with van der Waals surface area (Å²) in [4.78, 5) is 24.4. The molecule has 1 amide bonds. The van der Waals surface area contributed by atoms with Crippen LogP contribution in [0.15, 0.2) is 47.6 Å². The number of hydrogen-bond acceptors (Lipinski definition) is 5.